The lowest BCUT2D eigenvalue weighted by atomic mass is 10.0. The molecule has 0 aliphatic heterocycles. The van der Waals surface area contributed by atoms with E-state index in [0.29, 0.717) is 0 Å². The number of nitrogens with zero attached hydrogens (tertiary/aromatic N) is 3. The van der Waals surface area contributed by atoms with Crippen LogP contribution in [0.2, 0.25) is 0 Å². The molecule has 0 atom stereocenters. The number of hydrazone groups is 1. The Hall–Kier alpha value is -2.21. The van der Waals surface area contributed by atoms with Crippen LogP contribution < -0.4 is 4.90 Å². The Morgan fingerprint density at radius 3 is 2.40 bits per heavy atom. The first kappa shape index (κ1) is 15.8. The highest BCUT2D eigenvalue weighted by Crippen LogP contribution is 2.17. The van der Waals surface area contributed by atoms with E-state index in [1.165, 1.54) is 17.0 Å². The quantitative estimate of drug-likeness (QED) is 0.472. The summed E-state index contributed by atoms with van der Waals surface area (Å²) in [5, 5.41) is 16.5. The minimum Gasteiger partial charge on any atom is -0.336 e. The third kappa shape index (κ3) is 5.19. The highest BCUT2D eigenvalue weighted by atomic mass is 16.6. The van der Waals surface area contributed by atoms with Crippen molar-refractivity contribution in [2.45, 2.75) is 0 Å². The molecule has 6 nitrogen and oxygen atoms in total. The minimum atomic E-state index is -0.391. The molecule has 1 aromatic rings. The summed E-state index contributed by atoms with van der Waals surface area (Å²) in [5.41, 5.74) is 2.17. The van der Waals surface area contributed by atoms with Gasteiger partial charge in [-0.15, -0.1) is 0 Å². The molecular formula is C14H21N4O2+. The third-order valence-electron chi connectivity index (χ3n) is 2.57. The van der Waals surface area contributed by atoms with Gasteiger partial charge in [0.15, 0.2) is 0 Å². The third-order valence-corrected chi connectivity index (χ3v) is 2.57. The predicted octanol–water partition coefficient (Wildman–Crippen LogP) is 0.670. The zero-order valence-electron chi connectivity index (χ0n) is 12.3. The Morgan fingerprint density at radius 2 is 1.95 bits per heavy atom. The van der Waals surface area contributed by atoms with Gasteiger partial charge in [0, 0.05) is 38.0 Å². The van der Waals surface area contributed by atoms with Gasteiger partial charge in [0.25, 0.3) is 5.69 Å². The van der Waals surface area contributed by atoms with E-state index in [9.17, 15) is 10.1 Å². The summed E-state index contributed by atoms with van der Waals surface area (Å²) in [4.78, 5) is 11.5. The first-order valence-corrected chi connectivity index (χ1v) is 6.34. The van der Waals surface area contributed by atoms with Crippen LogP contribution in [0.5, 0.6) is 0 Å². The highest BCUT2D eigenvalue weighted by molar-refractivity contribution is 5.84. The van der Waals surface area contributed by atoms with E-state index < -0.39 is 4.92 Å². The van der Waals surface area contributed by atoms with E-state index in [1.807, 2.05) is 20.2 Å². The second-order valence-corrected chi connectivity index (χ2v) is 4.99. The number of nitro benzene ring substituents is 1. The fourth-order valence-electron chi connectivity index (χ4n) is 1.69. The number of nitro groups is 1. The first-order chi connectivity index (χ1) is 9.40. The number of nitrogens with one attached hydrogen (secondary N) is 1. The van der Waals surface area contributed by atoms with Gasteiger partial charge in [0.05, 0.1) is 19.0 Å². The normalized spacial score (nSPS) is 12.2. The molecule has 0 saturated heterocycles. The van der Waals surface area contributed by atoms with Gasteiger partial charge >= 0.3 is 0 Å². The van der Waals surface area contributed by atoms with Gasteiger partial charge < -0.3 is 9.91 Å². The maximum Gasteiger partial charge on any atom is 0.269 e. The molecule has 0 saturated carbocycles. The number of hydrogen-bond donors (Lipinski definition) is 1. The Bertz CT molecular complexity index is 504. The van der Waals surface area contributed by atoms with Crippen LogP contribution in [0, 0.1) is 10.1 Å². The van der Waals surface area contributed by atoms with Crippen molar-refractivity contribution >= 4 is 17.5 Å². The molecule has 0 aliphatic carbocycles. The van der Waals surface area contributed by atoms with Crippen molar-refractivity contribution in [2.75, 3.05) is 34.7 Å². The van der Waals surface area contributed by atoms with Crippen molar-refractivity contribution in [3.05, 3.63) is 46.0 Å². The zero-order valence-corrected chi connectivity index (χ0v) is 12.3. The largest absolute Gasteiger partial charge is 0.336 e. The van der Waals surface area contributed by atoms with E-state index in [-0.39, 0.29) is 5.69 Å². The maximum atomic E-state index is 10.7. The lowest BCUT2D eigenvalue weighted by molar-refractivity contribution is -0.849. The van der Waals surface area contributed by atoms with E-state index in [2.05, 4.69) is 19.2 Å². The average molecular weight is 277 g/mol. The maximum absolute atomic E-state index is 10.7. The van der Waals surface area contributed by atoms with E-state index in [4.69, 9.17) is 0 Å². The van der Waals surface area contributed by atoms with Crippen LogP contribution in [0.3, 0.4) is 0 Å². The van der Waals surface area contributed by atoms with Crippen LogP contribution in [-0.2, 0) is 0 Å². The summed E-state index contributed by atoms with van der Waals surface area (Å²) in [6, 6.07) is 6.60. The Kier molecular flexibility index (Phi) is 5.86. The van der Waals surface area contributed by atoms with Crippen molar-refractivity contribution in [1.29, 1.82) is 0 Å². The van der Waals surface area contributed by atoms with Gasteiger partial charge in [-0.2, -0.15) is 5.10 Å². The second kappa shape index (κ2) is 7.40. The molecule has 0 spiro atoms. The summed E-state index contributed by atoms with van der Waals surface area (Å²) in [6.45, 7) is 0.817. The molecule has 0 fully saturated rings. The molecule has 0 radical (unpaired) electrons. The molecule has 0 unspecified atom stereocenters. The summed E-state index contributed by atoms with van der Waals surface area (Å²) in [6.07, 6.45) is 3.67. The summed E-state index contributed by atoms with van der Waals surface area (Å²) in [7, 11) is 7.82. The highest BCUT2D eigenvalue weighted by Gasteiger charge is 2.08. The molecule has 1 rings (SSSR count). The fourth-order valence-corrected chi connectivity index (χ4v) is 1.69. The predicted molar refractivity (Wildman–Crippen MR) is 80.9 cm³/mol. The summed E-state index contributed by atoms with van der Waals surface area (Å²) in [5.74, 6) is 0. The molecule has 1 N–H and O–H groups in total. The Morgan fingerprint density at radius 1 is 1.35 bits per heavy atom. The number of benzene rings is 1. The summed E-state index contributed by atoms with van der Waals surface area (Å²) >= 11 is 0. The number of rotatable bonds is 6. The van der Waals surface area contributed by atoms with E-state index >= 15 is 0 Å². The molecule has 1 aromatic carbocycles. The zero-order chi connectivity index (χ0) is 15.1. The standard InChI is InChI=1S/C14H20N4O2/c1-16(2)11-13(9-10-15-17(3)4)12-5-7-14(8-6-12)18(19)20/h5-10H,11H2,1-4H3/p+1/b13-9-,15-10-. The molecule has 0 amide bonds. The lowest BCUT2D eigenvalue weighted by Crippen LogP contribution is -3.05. The number of quaternary nitrogens is 1. The average Bonchev–Trinajstić information content (AvgIpc) is 2.37. The van der Waals surface area contributed by atoms with Crippen LogP contribution in [0.25, 0.3) is 5.57 Å². The monoisotopic (exact) mass is 277 g/mol. The SMILES string of the molecule is CN(C)/N=C\C=C(\C[NH+](C)C)c1ccc([N+](=O)[O-])cc1. The first-order valence-electron chi connectivity index (χ1n) is 6.34. The van der Waals surface area contributed by atoms with Crippen molar-refractivity contribution in [3.8, 4) is 0 Å². The van der Waals surface area contributed by atoms with Crippen LogP contribution in [0.15, 0.2) is 35.4 Å². The number of allylic oxidation sites excluding steroid dienone is 1. The van der Waals surface area contributed by atoms with Gasteiger partial charge in [0.1, 0.15) is 6.54 Å². The molecule has 0 bridgehead atoms. The molecule has 0 heterocycles. The summed E-state index contributed by atoms with van der Waals surface area (Å²) < 4.78 is 0. The van der Waals surface area contributed by atoms with Gasteiger partial charge in [-0.1, -0.05) is 0 Å². The van der Waals surface area contributed by atoms with Crippen molar-refractivity contribution in [2.24, 2.45) is 5.10 Å². The van der Waals surface area contributed by atoms with Gasteiger partial charge in [0.2, 0.25) is 0 Å². The molecule has 0 aliphatic rings. The van der Waals surface area contributed by atoms with Gasteiger partial charge in [-0.25, -0.2) is 0 Å². The Labute approximate surface area is 119 Å². The topological polar surface area (TPSA) is 63.2 Å². The smallest absolute Gasteiger partial charge is 0.269 e. The van der Waals surface area contributed by atoms with E-state index in [1.54, 1.807) is 23.4 Å². The molecule has 6 heteroatoms. The van der Waals surface area contributed by atoms with Crippen LogP contribution >= 0.6 is 0 Å². The minimum absolute atomic E-state index is 0.104. The second-order valence-electron chi connectivity index (χ2n) is 4.99. The van der Waals surface area contributed by atoms with Crippen LogP contribution in [-0.4, -0.2) is 50.9 Å². The molecule has 0 aromatic heterocycles. The molecule has 20 heavy (non-hydrogen) atoms. The molecular weight excluding hydrogens is 256 g/mol. The molecule has 108 valence electrons. The lowest BCUT2D eigenvalue weighted by Gasteiger charge is -2.11. The Balaban J connectivity index is 3.01. The van der Waals surface area contributed by atoms with Crippen molar-refractivity contribution < 1.29 is 9.82 Å². The van der Waals surface area contributed by atoms with Gasteiger partial charge in [-0.05, 0) is 23.8 Å². The van der Waals surface area contributed by atoms with Crippen LogP contribution in [0.4, 0.5) is 5.69 Å². The number of likely N-dealkylation sites (N-methyl/N-ethyl adjacent to an activating group) is 1. The van der Waals surface area contributed by atoms with Crippen molar-refractivity contribution in [3.63, 3.8) is 0 Å². The van der Waals surface area contributed by atoms with Crippen LogP contribution in [0.1, 0.15) is 5.56 Å². The van der Waals surface area contributed by atoms with E-state index in [0.717, 1.165) is 17.7 Å². The number of hydrogen-bond acceptors (Lipinski definition) is 4. The van der Waals surface area contributed by atoms with Gasteiger partial charge in [-0.3, -0.25) is 10.1 Å². The fraction of sp³-hybridized carbons (Fsp3) is 0.357. The number of non-ortho nitro benzene ring substituents is 1. The van der Waals surface area contributed by atoms with Crippen molar-refractivity contribution in [1.82, 2.24) is 5.01 Å².